The van der Waals surface area contributed by atoms with Gasteiger partial charge in [-0.25, -0.2) is 9.78 Å². The van der Waals surface area contributed by atoms with Gasteiger partial charge in [0.2, 0.25) is 5.95 Å². The highest BCUT2D eigenvalue weighted by atomic mass is 35.5. The van der Waals surface area contributed by atoms with E-state index in [0.29, 0.717) is 12.4 Å². The van der Waals surface area contributed by atoms with Crippen LogP contribution in [0.3, 0.4) is 0 Å². The molecular formula is C14H22ClN5O2. The third-order valence-corrected chi connectivity index (χ3v) is 3.91. The van der Waals surface area contributed by atoms with Crippen LogP contribution in [0.1, 0.15) is 33.6 Å². The number of hydrogen-bond acceptors (Lipinski definition) is 5. The fourth-order valence-electron chi connectivity index (χ4n) is 2.95. The Balaban J connectivity index is 2.22. The summed E-state index contributed by atoms with van der Waals surface area (Å²) in [5.41, 5.74) is 5.18. The molecule has 2 heterocycles. The largest absolute Gasteiger partial charge is 0.465 e. The van der Waals surface area contributed by atoms with Crippen molar-refractivity contribution < 1.29 is 9.90 Å². The lowest BCUT2D eigenvalue weighted by Crippen LogP contribution is -2.57. The van der Waals surface area contributed by atoms with Crippen molar-refractivity contribution in [2.75, 3.05) is 23.7 Å². The number of aromatic nitrogens is 2. The van der Waals surface area contributed by atoms with Crippen LogP contribution in [0, 0.1) is 0 Å². The van der Waals surface area contributed by atoms with E-state index < -0.39 is 11.6 Å². The van der Waals surface area contributed by atoms with Crippen LogP contribution >= 0.6 is 11.6 Å². The molecular weight excluding hydrogens is 306 g/mol. The van der Waals surface area contributed by atoms with Gasteiger partial charge in [-0.3, -0.25) is 4.90 Å². The number of anilines is 2. The third kappa shape index (κ3) is 3.71. The number of nitrogen functional groups attached to an aromatic ring is 1. The van der Waals surface area contributed by atoms with E-state index in [0.717, 1.165) is 19.4 Å². The van der Waals surface area contributed by atoms with Gasteiger partial charge in [0.1, 0.15) is 11.0 Å². The maximum Gasteiger partial charge on any atom is 0.408 e. The number of nitrogens with zero attached hydrogens (tertiary/aromatic N) is 4. The number of amides is 1. The lowest BCUT2D eigenvalue weighted by molar-refractivity contribution is 0.0647. The van der Waals surface area contributed by atoms with E-state index in [9.17, 15) is 9.90 Å². The predicted octanol–water partition coefficient (Wildman–Crippen LogP) is 2.46. The molecule has 122 valence electrons. The molecule has 0 bridgehead atoms. The molecule has 0 saturated carbocycles. The smallest absolute Gasteiger partial charge is 0.408 e. The second kappa shape index (κ2) is 6.16. The number of rotatable bonds is 2. The van der Waals surface area contributed by atoms with Crippen molar-refractivity contribution in [3.8, 4) is 0 Å². The summed E-state index contributed by atoms with van der Waals surface area (Å²) in [6.07, 6.45) is 0.806. The zero-order chi connectivity index (χ0) is 16.5. The fourth-order valence-corrected chi connectivity index (χ4v) is 3.13. The predicted molar refractivity (Wildman–Crippen MR) is 86.3 cm³/mol. The van der Waals surface area contributed by atoms with Crippen molar-refractivity contribution in [1.29, 1.82) is 0 Å². The summed E-state index contributed by atoms with van der Waals surface area (Å²) < 4.78 is 0. The van der Waals surface area contributed by atoms with Crippen molar-refractivity contribution >= 4 is 29.5 Å². The molecule has 22 heavy (non-hydrogen) atoms. The first-order valence-electron chi connectivity index (χ1n) is 7.26. The maximum absolute atomic E-state index is 11.6. The molecule has 1 fully saturated rings. The third-order valence-electron chi connectivity index (χ3n) is 3.71. The molecule has 1 aromatic rings. The van der Waals surface area contributed by atoms with Crippen LogP contribution in [0.15, 0.2) is 6.07 Å². The molecule has 1 unspecified atom stereocenters. The van der Waals surface area contributed by atoms with Crippen LogP contribution in [0.5, 0.6) is 0 Å². The molecule has 1 aliphatic heterocycles. The Morgan fingerprint density at radius 3 is 2.73 bits per heavy atom. The van der Waals surface area contributed by atoms with E-state index in [1.54, 1.807) is 6.07 Å². The van der Waals surface area contributed by atoms with Crippen molar-refractivity contribution in [3.63, 3.8) is 0 Å². The SMILES string of the molecule is CC(C)(C)N(C(=O)O)C1CCCN(c2cc(Cl)nc(N)n2)C1. The van der Waals surface area contributed by atoms with Gasteiger partial charge in [0.15, 0.2) is 0 Å². The number of carbonyl (C=O) groups is 1. The van der Waals surface area contributed by atoms with Gasteiger partial charge >= 0.3 is 6.09 Å². The van der Waals surface area contributed by atoms with Crippen molar-refractivity contribution in [2.45, 2.75) is 45.2 Å². The first-order chi connectivity index (χ1) is 10.2. The molecule has 0 aromatic carbocycles. The first kappa shape index (κ1) is 16.6. The van der Waals surface area contributed by atoms with E-state index in [-0.39, 0.29) is 17.1 Å². The maximum atomic E-state index is 11.6. The fraction of sp³-hybridized carbons (Fsp3) is 0.643. The number of carboxylic acid groups (broad SMARTS) is 1. The van der Waals surface area contributed by atoms with Gasteiger partial charge in [-0.1, -0.05) is 11.6 Å². The summed E-state index contributed by atoms with van der Waals surface area (Å²) in [5, 5.41) is 9.83. The summed E-state index contributed by atoms with van der Waals surface area (Å²) in [6.45, 7) is 7.07. The Morgan fingerprint density at radius 2 is 2.18 bits per heavy atom. The second-order valence-corrected chi connectivity index (χ2v) is 6.86. The monoisotopic (exact) mass is 327 g/mol. The summed E-state index contributed by atoms with van der Waals surface area (Å²) in [7, 11) is 0. The molecule has 1 aliphatic rings. The van der Waals surface area contributed by atoms with Crippen molar-refractivity contribution in [1.82, 2.24) is 14.9 Å². The molecule has 3 N–H and O–H groups in total. The summed E-state index contributed by atoms with van der Waals surface area (Å²) >= 11 is 5.93. The van der Waals surface area contributed by atoms with Crippen LogP contribution < -0.4 is 10.6 Å². The van der Waals surface area contributed by atoms with Crippen LogP contribution in [0.2, 0.25) is 5.15 Å². The Bertz CT molecular complexity index is 540. The van der Waals surface area contributed by atoms with E-state index in [4.69, 9.17) is 17.3 Å². The molecule has 8 heteroatoms. The highest BCUT2D eigenvalue weighted by molar-refractivity contribution is 6.29. The van der Waals surface area contributed by atoms with Gasteiger partial charge in [-0.2, -0.15) is 4.98 Å². The van der Waals surface area contributed by atoms with Gasteiger partial charge in [-0.05, 0) is 33.6 Å². The second-order valence-electron chi connectivity index (χ2n) is 6.47. The summed E-state index contributed by atoms with van der Waals surface area (Å²) in [4.78, 5) is 23.2. The highest BCUT2D eigenvalue weighted by Crippen LogP contribution is 2.27. The standard InChI is InChI=1S/C14H22ClN5O2/c1-14(2,3)20(13(21)22)9-5-4-6-19(8-9)11-7-10(15)17-12(16)18-11/h7,9H,4-6,8H2,1-3H3,(H,21,22)(H2,16,17,18). The molecule has 1 saturated heterocycles. The highest BCUT2D eigenvalue weighted by Gasteiger charge is 2.36. The first-order valence-corrected chi connectivity index (χ1v) is 7.63. The quantitative estimate of drug-likeness (QED) is 0.810. The average molecular weight is 328 g/mol. The van der Waals surface area contributed by atoms with Gasteiger partial charge in [0.25, 0.3) is 0 Å². The molecule has 2 rings (SSSR count). The Labute approximate surface area is 135 Å². The van der Waals surface area contributed by atoms with Crippen LogP contribution in [0.4, 0.5) is 16.6 Å². The van der Waals surface area contributed by atoms with Crippen LogP contribution in [0.25, 0.3) is 0 Å². The Hall–Kier alpha value is -1.76. The van der Waals surface area contributed by atoms with Gasteiger partial charge < -0.3 is 15.7 Å². The van der Waals surface area contributed by atoms with Crippen LogP contribution in [-0.4, -0.2) is 50.7 Å². The van der Waals surface area contributed by atoms with Crippen LogP contribution in [-0.2, 0) is 0 Å². The Morgan fingerprint density at radius 1 is 1.50 bits per heavy atom. The number of piperidine rings is 1. The number of nitrogens with two attached hydrogens (primary N) is 1. The number of halogens is 1. The minimum absolute atomic E-state index is 0.0961. The van der Waals surface area contributed by atoms with E-state index >= 15 is 0 Å². The topological polar surface area (TPSA) is 95.6 Å². The normalized spacial score (nSPS) is 19.1. The molecule has 1 amide bonds. The van der Waals surface area contributed by atoms with E-state index in [1.165, 1.54) is 4.90 Å². The molecule has 7 nitrogen and oxygen atoms in total. The zero-order valence-corrected chi connectivity index (χ0v) is 13.8. The molecule has 1 atom stereocenters. The molecule has 0 radical (unpaired) electrons. The van der Waals surface area contributed by atoms with Crippen molar-refractivity contribution in [3.05, 3.63) is 11.2 Å². The van der Waals surface area contributed by atoms with Gasteiger partial charge in [-0.15, -0.1) is 0 Å². The average Bonchev–Trinajstić information content (AvgIpc) is 2.35. The Kier molecular flexibility index (Phi) is 4.65. The molecule has 0 aliphatic carbocycles. The molecule has 1 aromatic heterocycles. The lowest BCUT2D eigenvalue weighted by Gasteiger charge is -2.44. The lowest BCUT2D eigenvalue weighted by atomic mass is 9.97. The minimum Gasteiger partial charge on any atom is -0.465 e. The number of hydrogen-bond donors (Lipinski definition) is 2. The molecule has 0 spiro atoms. The van der Waals surface area contributed by atoms with Gasteiger partial charge in [0.05, 0.1) is 6.04 Å². The minimum atomic E-state index is -0.903. The van der Waals surface area contributed by atoms with E-state index in [2.05, 4.69) is 9.97 Å². The summed E-state index contributed by atoms with van der Waals surface area (Å²) in [5.74, 6) is 0.761. The van der Waals surface area contributed by atoms with Crippen molar-refractivity contribution in [2.24, 2.45) is 0 Å². The van der Waals surface area contributed by atoms with Gasteiger partial charge in [0, 0.05) is 24.7 Å². The zero-order valence-electron chi connectivity index (χ0n) is 13.1. The van der Waals surface area contributed by atoms with E-state index in [1.807, 2.05) is 25.7 Å². The summed E-state index contributed by atoms with van der Waals surface area (Å²) in [6, 6.07) is 1.56.